The van der Waals surface area contributed by atoms with Crippen LogP contribution in [0.25, 0.3) is 10.1 Å². The molecule has 18 heavy (non-hydrogen) atoms. The lowest BCUT2D eigenvalue weighted by Gasteiger charge is -2.04. The number of hydrogen-bond donors (Lipinski definition) is 1. The molecule has 1 aromatic carbocycles. The van der Waals surface area contributed by atoms with Crippen LogP contribution in [0.1, 0.15) is 42.0 Å². The van der Waals surface area contributed by atoms with Gasteiger partial charge in [-0.15, -0.1) is 11.3 Å². The van der Waals surface area contributed by atoms with Gasteiger partial charge in [-0.1, -0.05) is 15.9 Å². The Hall–Kier alpha value is -0.380. The van der Waals surface area contributed by atoms with Crippen molar-refractivity contribution in [2.75, 3.05) is 0 Å². The maximum absolute atomic E-state index is 3.67. The molecule has 1 heterocycles. The Labute approximate surface area is 120 Å². The molecule has 1 N–H and O–H groups in total. The van der Waals surface area contributed by atoms with Crippen molar-refractivity contribution < 1.29 is 0 Å². The van der Waals surface area contributed by atoms with E-state index in [9.17, 15) is 0 Å². The summed E-state index contributed by atoms with van der Waals surface area (Å²) in [4.78, 5) is 1.58. The Bertz CT molecular complexity index is 596. The highest BCUT2D eigenvalue weighted by atomic mass is 79.9. The lowest BCUT2D eigenvalue weighted by atomic mass is 10.1. The highest BCUT2D eigenvalue weighted by Gasteiger charge is 2.30. The second-order valence-corrected chi connectivity index (χ2v) is 7.56. The fraction of sp³-hybridized carbons (Fsp3) is 0.467. The van der Waals surface area contributed by atoms with Gasteiger partial charge in [-0.2, -0.15) is 0 Å². The van der Waals surface area contributed by atoms with Gasteiger partial charge in [0.25, 0.3) is 0 Å². The van der Waals surface area contributed by atoms with Crippen LogP contribution in [0.3, 0.4) is 0 Å². The van der Waals surface area contributed by atoms with E-state index in [0.29, 0.717) is 0 Å². The second kappa shape index (κ2) is 4.32. The molecule has 2 fully saturated rings. The minimum atomic E-state index is 0.800. The maximum atomic E-state index is 3.67. The Morgan fingerprint density at radius 3 is 2.78 bits per heavy atom. The summed E-state index contributed by atoms with van der Waals surface area (Å²) in [5.74, 6) is 0.837. The monoisotopic (exact) mass is 321 g/mol. The van der Waals surface area contributed by atoms with Gasteiger partial charge in [0.15, 0.2) is 0 Å². The van der Waals surface area contributed by atoms with Crippen molar-refractivity contribution in [3.8, 4) is 0 Å². The lowest BCUT2D eigenvalue weighted by Crippen LogP contribution is -2.15. The first-order valence-corrected chi connectivity index (χ1v) is 8.36. The molecular weight excluding hydrogens is 306 g/mol. The van der Waals surface area contributed by atoms with Crippen LogP contribution >= 0.6 is 27.3 Å². The van der Waals surface area contributed by atoms with Crippen molar-refractivity contribution in [2.45, 2.75) is 44.2 Å². The first kappa shape index (κ1) is 11.4. The normalized spacial score (nSPS) is 19.6. The third-order valence-electron chi connectivity index (χ3n) is 3.88. The summed E-state index contributed by atoms with van der Waals surface area (Å²) >= 11 is 5.59. The molecule has 2 saturated carbocycles. The molecule has 0 amide bonds. The van der Waals surface area contributed by atoms with Crippen LogP contribution in [0, 0.1) is 0 Å². The van der Waals surface area contributed by atoms with Crippen LogP contribution in [0.4, 0.5) is 0 Å². The number of halogens is 1. The molecule has 1 nitrogen and oxygen atoms in total. The zero-order valence-electron chi connectivity index (χ0n) is 10.2. The summed E-state index contributed by atoms with van der Waals surface area (Å²) in [5, 5.41) is 5.16. The van der Waals surface area contributed by atoms with Crippen molar-refractivity contribution >= 4 is 37.4 Å². The summed E-state index contributed by atoms with van der Waals surface area (Å²) in [6.07, 6.45) is 5.51. The van der Waals surface area contributed by atoms with Crippen LogP contribution in [0.5, 0.6) is 0 Å². The van der Waals surface area contributed by atoms with E-state index in [1.165, 1.54) is 40.2 Å². The summed E-state index contributed by atoms with van der Waals surface area (Å²) in [7, 11) is 0. The van der Waals surface area contributed by atoms with E-state index in [1.807, 2.05) is 11.3 Å². The molecule has 0 aliphatic heterocycles. The van der Waals surface area contributed by atoms with Gasteiger partial charge >= 0.3 is 0 Å². The van der Waals surface area contributed by atoms with Gasteiger partial charge in [0.05, 0.1) is 0 Å². The van der Waals surface area contributed by atoms with E-state index in [0.717, 1.165) is 18.5 Å². The molecule has 0 saturated heterocycles. The van der Waals surface area contributed by atoms with Gasteiger partial charge in [-0.05, 0) is 60.7 Å². The number of rotatable bonds is 4. The molecule has 0 bridgehead atoms. The Kier molecular flexibility index (Phi) is 2.75. The average molecular weight is 322 g/mol. The first-order valence-electron chi connectivity index (χ1n) is 6.75. The third-order valence-corrected chi connectivity index (χ3v) is 5.56. The van der Waals surface area contributed by atoms with E-state index in [2.05, 4.69) is 39.4 Å². The second-order valence-electron chi connectivity index (χ2n) is 5.51. The largest absolute Gasteiger partial charge is 0.309 e. The molecular formula is C15H16BrNS. The predicted molar refractivity (Wildman–Crippen MR) is 81.4 cm³/mol. The van der Waals surface area contributed by atoms with E-state index in [4.69, 9.17) is 0 Å². The molecule has 2 aliphatic rings. The topological polar surface area (TPSA) is 12.0 Å². The van der Waals surface area contributed by atoms with Gasteiger partial charge in [-0.25, -0.2) is 0 Å². The van der Waals surface area contributed by atoms with Crippen molar-refractivity contribution in [1.82, 2.24) is 5.32 Å². The highest BCUT2D eigenvalue weighted by Crippen LogP contribution is 2.48. The molecule has 94 valence electrons. The van der Waals surface area contributed by atoms with Crippen LogP contribution in [0.2, 0.25) is 0 Å². The molecule has 0 unspecified atom stereocenters. The van der Waals surface area contributed by atoms with Crippen LogP contribution in [0.15, 0.2) is 22.7 Å². The zero-order chi connectivity index (χ0) is 12.1. The molecule has 0 radical (unpaired) electrons. The van der Waals surface area contributed by atoms with Crippen LogP contribution < -0.4 is 5.32 Å². The first-order chi connectivity index (χ1) is 8.81. The van der Waals surface area contributed by atoms with Crippen molar-refractivity contribution in [3.05, 3.63) is 33.1 Å². The van der Waals surface area contributed by atoms with E-state index in [1.54, 1.807) is 10.4 Å². The molecule has 3 heteroatoms. The highest BCUT2D eigenvalue weighted by molar-refractivity contribution is 9.10. The minimum Gasteiger partial charge on any atom is -0.309 e. The van der Waals surface area contributed by atoms with Gasteiger partial charge in [0.1, 0.15) is 0 Å². The van der Waals surface area contributed by atoms with Gasteiger partial charge in [0.2, 0.25) is 0 Å². The lowest BCUT2D eigenvalue weighted by molar-refractivity contribution is 0.691. The number of thiophene rings is 1. The van der Waals surface area contributed by atoms with Gasteiger partial charge in [-0.3, -0.25) is 0 Å². The molecule has 4 rings (SSSR count). The minimum absolute atomic E-state index is 0.800. The molecule has 2 aromatic rings. The van der Waals surface area contributed by atoms with Crippen LogP contribution in [-0.4, -0.2) is 6.04 Å². The van der Waals surface area contributed by atoms with Crippen molar-refractivity contribution in [2.24, 2.45) is 0 Å². The number of nitrogens with one attached hydrogen (secondary N) is 1. The zero-order valence-corrected chi connectivity index (χ0v) is 12.6. The van der Waals surface area contributed by atoms with Gasteiger partial charge in [0, 0.05) is 26.6 Å². The average Bonchev–Trinajstić information content (AvgIpc) is 3.25. The van der Waals surface area contributed by atoms with Crippen molar-refractivity contribution in [3.63, 3.8) is 0 Å². The number of fused-ring (bicyclic) bond motifs is 1. The molecule has 2 aliphatic carbocycles. The maximum Gasteiger partial charge on any atom is 0.0349 e. The van der Waals surface area contributed by atoms with Gasteiger partial charge < -0.3 is 5.32 Å². The van der Waals surface area contributed by atoms with E-state index < -0.39 is 0 Å². The Morgan fingerprint density at radius 2 is 2.06 bits per heavy atom. The smallest absolute Gasteiger partial charge is 0.0349 e. The molecule has 0 spiro atoms. The summed E-state index contributed by atoms with van der Waals surface area (Å²) in [6, 6.07) is 7.53. The number of benzene rings is 1. The Balaban J connectivity index is 1.76. The SMILES string of the molecule is Brc1ccc2sc(CNC3CC3)c(C3CC3)c2c1. The summed E-state index contributed by atoms with van der Waals surface area (Å²) in [6.45, 7) is 1.08. The fourth-order valence-electron chi connectivity index (χ4n) is 2.61. The summed E-state index contributed by atoms with van der Waals surface area (Å²) in [5.41, 5.74) is 1.64. The van der Waals surface area contributed by atoms with E-state index >= 15 is 0 Å². The number of hydrogen-bond acceptors (Lipinski definition) is 2. The predicted octanol–water partition coefficient (Wildman–Crippen LogP) is 4.79. The molecule has 0 atom stereocenters. The van der Waals surface area contributed by atoms with Crippen molar-refractivity contribution in [1.29, 1.82) is 0 Å². The fourth-order valence-corrected chi connectivity index (χ4v) is 4.20. The standard InChI is InChI=1S/C15H16BrNS/c16-10-3-6-13-12(7-10)15(9-1-2-9)14(18-13)8-17-11-4-5-11/h3,6-7,9,11,17H,1-2,4-5,8H2. The van der Waals surface area contributed by atoms with E-state index in [-0.39, 0.29) is 0 Å². The van der Waals surface area contributed by atoms with Crippen LogP contribution in [-0.2, 0) is 6.54 Å². The third kappa shape index (κ3) is 2.13. The summed E-state index contributed by atoms with van der Waals surface area (Å²) < 4.78 is 2.66. The Morgan fingerprint density at radius 1 is 1.22 bits per heavy atom. The quantitative estimate of drug-likeness (QED) is 0.853. The molecule has 1 aromatic heterocycles.